The number of thiazole rings is 1. The number of fused-ring (bicyclic) bond motifs is 1. The zero-order valence-corrected chi connectivity index (χ0v) is 13.1. The van der Waals surface area contributed by atoms with E-state index in [9.17, 15) is 13.2 Å². The van der Waals surface area contributed by atoms with Crippen LogP contribution in [0.25, 0.3) is 10.3 Å². The average molecular weight is 336 g/mol. The molecular weight excluding hydrogens is 324 g/mol. The molecule has 0 bridgehead atoms. The summed E-state index contributed by atoms with van der Waals surface area (Å²) in [5, 5.41) is 2.73. The molecule has 2 heterocycles. The van der Waals surface area contributed by atoms with Crippen molar-refractivity contribution in [3.05, 3.63) is 41.5 Å². The predicted octanol–water partition coefficient (Wildman–Crippen LogP) is 2.25. The smallest absolute Gasteiger partial charge is 0.272 e. The van der Waals surface area contributed by atoms with Gasteiger partial charge in [0.25, 0.3) is 5.91 Å². The largest absolute Gasteiger partial charge is 0.334 e. The molecule has 0 aliphatic rings. The quantitative estimate of drug-likeness (QED) is 0.679. The molecule has 3 aromatic rings. The van der Waals surface area contributed by atoms with Crippen LogP contribution in [0, 0.1) is 0 Å². The fourth-order valence-corrected chi connectivity index (χ4v) is 3.14. The molecule has 1 amide bonds. The van der Waals surface area contributed by atoms with Crippen LogP contribution < -0.4 is 10.0 Å². The molecule has 0 radical (unpaired) electrons. The van der Waals surface area contributed by atoms with E-state index >= 15 is 0 Å². The molecule has 0 saturated carbocycles. The Morgan fingerprint density at radius 2 is 1.91 bits per heavy atom. The standard InChI is InChI=1S/C13H12N4O3S2/c1-22(19,20)17-9-4-2-8(3-5-9)15-13(18)10-6-11-12(16-10)14-7-21-11/h2-7,16-17H,1H3,(H,15,18). The van der Waals surface area contributed by atoms with Crippen LogP contribution in [0.4, 0.5) is 11.4 Å². The minimum Gasteiger partial charge on any atom is -0.334 e. The van der Waals surface area contributed by atoms with Gasteiger partial charge in [0.2, 0.25) is 10.0 Å². The predicted molar refractivity (Wildman–Crippen MR) is 86.8 cm³/mol. The van der Waals surface area contributed by atoms with Gasteiger partial charge in [0, 0.05) is 11.4 Å². The van der Waals surface area contributed by atoms with E-state index in [2.05, 4.69) is 20.0 Å². The van der Waals surface area contributed by atoms with Crippen molar-refractivity contribution in [2.24, 2.45) is 0 Å². The lowest BCUT2D eigenvalue weighted by atomic mass is 10.3. The number of sulfonamides is 1. The minimum atomic E-state index is -3.31. The molecule has 0 atom stereocenters. The first-order chi connectivity index (χ1) is 10.4. The van der Waals surface area contributed by atoms with Gasteiger partial charge in [-0.25, -0.2) is 13.4 Å². The molecule has 0 aliphatic heterocycles. The molecule has 0 saturated heterocycles. The first-order valence-electron chi connectivity index (χ1n) is 6.22. The van der Waals surface area contributed by atoms with Crippen LogP contribution in [0.15, 0.2) is 35.8 Å². The third kappa shape index (κ3) is 3.26. The number of hydrogen-bond donors (Lipinski definition) is 3. The van der Waals surface area contributed by atoms with Crippen molar-refractivity contribution < 1.29 is 13.2 Å². The second-order valence-corrected chi connectivity index (χ2v) is 7.29. The van der Waals surface area contributed by atoms with E-state index < -0.39 is 10.0 Å². The van der Waals surface area contributed by atoms with Gasteiger partial charge in [-0.2, -0.15) is 0 Å². The summed E-state index contributed by atoms with van der Waals surface area (Å²) in [5.74, 6) is -0.283. The number of nitrogens with zero attached hydrogens (tertiary/aromatic N) is 1. The Bertz CT molecular complexity index is 897. The van der Waals surface area contributed by atoms with Gasteiger partial charge in [0.15, 0.2) is 0 Å². The minimum absolute atomic E-state index is 0.283. The maximum Gasteiger partial charge on any atom is 0.272 e. The van der Waals surface area contributed by atoms with Crippen molar-refractivity contribution in [1.29, 1.82) is 0 Å². The number of aromatic amines is 1. The highest BCUT2D eigenvalue weighted by Crippen LogP contribution is 2.20. The number of benzene rings is 1. The molecule has 7 nitrogen and oxygen atoms in total. The molecule has 0 spiro atoms. The Morgan fingerprint density at radius 1 is 1.23 bits per heavy atom. The Hall–Kier alpha value is -2.39. The van der Waals surface area contributed by atoms with Gasteiger partial charge in [-0.05, 0) is 30.3 Å². The summed E-state index contributed by atoms with van der Waals surface area (Å²) >= 11 is 1.45. The zero-order chi connectivity index (χ0) is 15.7. The maximum atomic E-state index is 12.1. The van der Waals surface area contributed by atoms with E-state index in [1.54, 1.807) is 35.8 Å². The van der Waals surface area contributed by atoms with E-state index in [1.165, 1.54) is 11.3 Å². The molecule has 1 aromatic carbocycles. The second-order valence-electron chi connectivity index (χ2n) is 4.65. The Morgan fingerprint density at radius 3 is 2.55 bits per heavy atom. The summed E-state index contributed by atoms with van der Waals surface area (Å²) in [7, 11) is -3.31. The van der Waals surface area contributed by atoms with Crippen molar-refractivity contribution >= 4 is 49.0 Å². The molecule has 3 N–H and O–H groups in total. The molecule has 0 fully saturated rings. The van der Waals surface area contributed by atoms with Gasteiger partial charge in [-0.1, -0.05) is 0 Å². The van der Waals surface area contributed by atoms with E-state index in [-0.39, 0.29) is 5.91 Å². The SMILES string of the molecule is CS(=O)(=O)Nc1ccc(NC(=O)c2cc3scnc3[nH]2)cc1. The van der Waals surface area contributed by atoms with E-state index in [0.717, 1.165) is 11.0 Å². The van der Waals surface area contributed by atoms with Crippen LogP contribution in [0.3, 0.4) is 0 Å². The number of H-pyrrole nitrogens is 1. The molecule has 9 heteroatoms. The molecular formula is C13H12N4O3S2. The van der Waals surface area contributed by atoms with Crippen LogP contribution in [0.5, 0.6) is 0 Å². The lowest BCUT2D eigenvalue weighted by Gasteiger charge is -2.06. The molecule has 0 aliphatic carbocycles. The Labute approximate surface area is 130 Å². The topological polar surface area (TPSA) is 104 Å². The van der Waals surface area contributed by atoms with Crippen molar-refractivity contribution in [2.75, 3.05) is 16.3 Å². The number of carbonyl (C=O) groups excluding carboxylic acids is 1. The number of aromatic nitrogens is 2. The molecule has 3 rings (SSSR count). The van der Waals surface area contributed by atoms with Gasteiger partial charge in [0.1, 0.15) is 11.3 Å². The molecule has 22 heavy (non-hydrogen) atoms. The Balaban J connectivity index is 1.72. The highest BCUT2D eigenvalue weighted by Gasteiger charge is 2.11. The monoisotopic (exact) mass is 336 g/mol. The summed E-state index contributed by atoms with van der Waals surface area (Å²) in [6.07, 6.45) is 1.08. The summed E-state index contributed by atoms with van der Waals surface area (Å²) < 4.78 is 25.5. The zero-order valence-electron chi connectivity index (χ0n) is 11.5. The number of hydrogen-bond acceptors (Lipinski definition) is 5. The normalized spacial score (nSPS) is 11.5. The Kier molecular flexibility index (Phi) is 3.59. The number of amides is 1. The van der Waals surface area contributed by atoms with Crippen molar-refractivity contribution in [2.45, 2.75) is 0 Å². The van der Waals surface area contributed by atoms with Gasteiger partial charge < -0.3 is 10.3 Å². The van der Waals surface area contributed by atoms with Crippen molar-refractivity contribution in [1.82, 2.24) is 9.97 Å². The molecule has 0 unspecified atom stereocenters. The van der Waals surface area contributed by atoms with Crippen molar-refractivity contribution in [3.63, 3.8) is 0 Å². The third-order valence-corrected chi connectivity index (χ3v) is 4.20. The molecule has 2 aromatic heterocycles. The van der Waals surface area contributed by atoms with E-state index in [4.69, 9.17) is 0 Å². The van der Waals surface area contributed by atoms with Gasteiger partial charge in [-0.15, -0.1) is 11.3 Å². The fourth-order valence-electron chi connectivity index (χ4n) is 1.90. The number of nitrogens with one attached hydrogen (secondary N) is 3. The number of anilines is 2. The number of carbonyl (C=O) groups is 1. The van der Waals surface area contributed by atoms with Crippen LogP contribution in [-0.2, 0) is 10.0 Å². The van der Waals surface area contributed by atoms with Crippen LogP contribution in [0.2, 0.25) is 0 Å². The van der Waals surface area contributed by atoms with Gasteiger partial charge in [-0.3, -0.25) is 9.52 Å². The highest BCUT2D eigenvalue weighted by atomic mass is 32.2. The average Bonchev–Trinajstić information content (AvgIpc) is 3.00. The summed E-state index contributed by atoms with van der Waals surface area (Å²) in [6.45, 7) is 0. The third-order valence-electron chi connectivity index (χ3n) is 2.81. The van der Waals surface area contributed by atoms with Crippen molar-refractivity contribution in [3.8, 4) is 0 Å². The first kappa shape index (κ1) is 14.5. The van der Waals surface area contributed by atoms with Crippen LogP contribution in [0.1, 0.15) is 10.5 Å². The molecule has 114 valence electrons. The highest BCUT2D eigenvalue weighted by molar-refractivity contribution is 7.92. The summed E-state index contributed by atoms with van der Waals surface area (Å²) in [5.41, 5.74) is 3.81. The first-order valence-corrected chi connectivity index (χ1v) is 8.99. The lowest BCUT2D eigenvalue weighted by Crippen LogP contribution is -2.12. The summed E-state index contributed by atoms with van der Waals surface area (Å²) in [6, 6.07) is 8.13. The van der Waals surface area contributed by atoms with Crippen LogP contribution in [-0.4, -0.2) is 30.5 Å². The number of rotatable bonds is 4. The second kappa shape index (κ2) is 5.43. The van der Waals surface area contributed by atoms with Gasteiger partial charge in [0.05, 0.1) is 16.5 Å². The lowest BCUT2D eigenvalue weighted by molar-refractivity contribution is 0.102. The van der Waals surface area contributed by atoms with E-state index in [1.807, 2.05) is 0 Å². The fraction of sp³-hybridized carbons (Fsp3) is 0.0769. The summed E-state index contributed by atoms with van der Waals surface area (Å²) in [4.78, 5) is 19.1. The van der Waals surface area contributed by atoms with E-state index in [0.29, 0.717) is 22.7 Å². The van der Waals surface area contributed by atoms with Gasteiger partial charge >= 0.3 is 0 Å². The maximum absolute atomic E-state index is 12.1. The van der Waals surface area contributed by atoms with Crippen LogP contribution >= 0.6 is 11.3 Å².